The molecule has 0 aliphatic rings. The van der Waals surface area contributed by atoms with Crippen LogP contribution in [0.3, 0.4) is 0 Å². The van der Waals surface area contributed by atoms with Gasteiger partial charge in [0.15, 0.2) is 0 Å². The summed E-state index contributed by atoms with van der Waals surface area (Å²) in [5.41, 5.74) is 10.3. The van der Waals surface area contributed by atoms with Gasteiger partial charge in [-0.15, -0.1) is 0 Å². The van der Waals surface area contributed by atoms with Crippen molar-refractivity contribution in [1.29, 1.82) is 0 Å². The number of rotatable bonds is 6. The predicted octanol–water partition coefficient (Wildman–Crippen LogP) is 11.4. The van der Waals surface area contributed by atoms with E-state index in [1.165, 1.54) is 43.6 Å². The molecule has 9 rings (SSSR count). The monoisotopic (exact) mass is 605 g/mol. The van der Waals surface area contributed by atoms with Crippen LogP contribution in [0, 0.1) is 0 Å². The van der Waals surface area contributed by atoms with E-state index in [1.807, 2.05) is 12.1 Å². The van der Waals surface area contributed by atoms with E-state index in [2.05, 4.69) is 172 Å². The Morgan fingerprint density at radius 3 is 1.26 bits per heavy atom. The molecule has 0 bridgehead atoms. The first-order chi connectivity index (χ1) is 23.3. The zero-order valence-corrected chi connectivity index (χ0v) is 25.9. The molecule has 2 heterocycles. The van der Waals surface area contributed by atoms with Gasteiger partial charge in [-0.25, -0.2) is 0 Å². The number of methoxy groups -OCH3 is 1. The fraction of sp³-hybridized carbons (Fsp3) is 0.0233. The molecule has 0 unspecified atom stereocenters. The lowest BCUT2D eigenvalue weighted by molar-refractivity contribution is 0.415. The molecule has 0 amide bonds. The van der Waals surface area contributed by atoms with Crippen molar-refractivity contribution >= 4 is 60.7 Å². The second-order valence-corrected chi connectivity index (χ2v) is 11.8. The van der Waals surface area contributed by atoms with Gasteiger partial charge in [0.25, 0.3) is 0 Å². The minimum absolute atomic E-state index is 0.830. The van der Waals surface area contributed by atoms with E-state index in [0.29, 0.717) is 0 Å². The summed E-state index contributed by atoms with van der Waals surface area (Å²) < 4.78 is 10.3. The summed E-state index contributed by atoms with van der Waals surface area (Å²) in [7, 11) is 1.71. The minimum Gasteiger partial charge on any atom is -0.497 e. The van der Waals surface area contributed by atoms with Crippen LogP contribution in [-0.4, -0.2) is 16.2 Å². The Labute approximate surface area is 272 Å². The molecule has 0 saturated heterocycles. The van der Waals surface area contributed by atoms with Crippen molar-refractivity contribution in [2.45, 2.75) is 0 Å². The average Bonchev–Trinajstić information content (AvgIpc) is 3.65. The van der Waals surface area contributed by atoms with Gasteiger partial charge in [0.2, 0.25) is 0 Å². The van der Waals surface area contributed by atoms with Gasteiger partial charge in [0, 0.05) is 50.0 Å². The highest BCUT2D eigenvalue weighted by atomic mass is 16.5. The number of anilines is 3. The highest BCUT2D eigenvalue weighted by Gasteiger charge is 2.19. The first-order valence-electron chi connectivity index (χ1n) is 15.9. The maximum absolute atomic E-state index is 5.54. The molecule has 0 N–H and O–H groups in total. The molecular weight excluding hydrogens is 574 g/mol. The van der Waals surface area contributed by atoms with E-state index >= 15 is 0 Å². The zero-order chi connectivity index (χ0) is 31.3. The van der Waals surface area contributed by atoms with Crippen molar-refractivity contribution in [1.82, 2.24) is 9.13 Å². The summed E-state index contributed by atoms with van der Waals surface area (Å²) in [5.74, 6) is 0.830. The Kier molecular flexibility index (Phi) is 6.32. The van der Waals surface area contributed by atoms with Crippen molar-refractivity contribution < 1.29 is 4.74 Å². The lowest BCUT2D eigenvalue weighted by atomic mass is 10.1. The number of hydrogen-bond donors (Lipinski definition) is 0. The molecule has 4 heteroatoms. The third-order valence-corrected chi connectivity index (χ3v) is 9.19. The van der Waals surface area contributed by atoms with Gasteiger partial charge in [-0.2, -0.15) is 0 Å². The molecule has 0 saturated carbocycles. The topological polar surface area (TPSA) is 22.3 Å². The van der Waals surface area contributed by atoms with E-state index in [0.717, 1.165) is 34.2 Å². The number of aromatic nitrogens is 2. The molecule has 224 valence electrons. The maximum Gasteiger partial charge on any atom is 0.119 e. The van der Waals surface area contributed by atoms with E-state index in [1.54, 1.807) is 7.11 Å². The van der Waals surface area contributed by atoms with Crippen LogP contribution in [0.1, 0.15) is 0 Å². The predicted molar refractivity (Wildman–Crippen MR) is 196 cm³/mol. The second-order valence-electron chi connectivity index (χ2n) is 11.8. The van der Waals surface area contributed by atoms with Crippen molar-refractivity contribution in [3.8, 4) is 17.1 Å². The van der Waals surface area contributed by atoms with E-state index in [4.69, 9.17) is 4.74 Å². The van der Waals surface area contributed by atoms with Gasteiger partial charge >= 0.3 is 0 Å². The van der Waals surface area contributed by atoms with Gasteiger partial charge in [0.05, 0.1) is 29.2 Å². The first kappa shape index (κ1) is 27.1. The van der Waals surface area contributed by atoms with Crippen molar-refractivity contribution in [3.05, 3.63) is 170 Å². The number of hydrogen-bond acceptors (Lipinski definition) is 2. The standard InChI is InChI=1S/C43H31N3O/c1-47-35-24-20-32(21-25-35)44(33-22-26-42-38(28-33)36-16-8-10-18-40(36)45(42)30-12-4-2-5-13-30)34-23-27-43-39(29-34)37-17-9-11-19-41(37)46(43)31-14-6-3-7-15-31/h2-29H,1H3. The Morgan fingerprint density at radius 2 is 0.787 bits per heavy atom. The molecule has 0 radical (unpaired) electrons. The fourth-order valence-electron chi connectivity index (χ4n) is 7.09. The van der Waals surface area contributed by atoms with Crippen LogP contribution in [-0.2, 0) is 0 Å². The summed E-state index contributed by atoms with van der Waals surface area (Å²) in [4.78, 5) is 2.35. The SMILES string of the molecule is COc1ccc(N(c2ccc3c(c2)c2ccccc2n3-c2ccccc2)c2ccc3c(c2)c2ccccc2n3-c2ccccc2)cc1. The molecule has 0 aliphatic carbocycles. The normalized spacial score (nSPS) is 11.5. The number of ether oxygens (including phenoxy) is 1. The van der Waals surface area contributed by atoms with Crippen LogP contribution in [0.15, 0.2) is 170 Å². The number of para-hydroxylation sites is 4. The van der Waals surface area contributed by atoms with Crippen molar-refractivity contribution in [2.24, 2.45) is 0 Å². The molecule has 0 spiro atoms. The Morgan fingerprint density at radius 1 is 0.383 bits per heavy atom. The largest absolute Gasteiger partial charge is 0.497 e. The van der Waals surface area contributed by atoms with Crippen LogP contribution in [0.4, 0.5) is 17.1 Å². The smallest absolute Gasteiger partial charge is 0.119 e. The van der Waals surface area contributed by atoms with E-state index < -0.39 is 0 Å². The Hall–Kier alpha value is -6.26. The van der Waals surface area contributed by atoms with Crippen LogP contribution >= 0.6 is 0 Å². The molecule has 0 aliphatic heterocycles. The van der Waals surface area contributed by atoms with Crippen molar-refractivity contribution in [2.75, 3.05) is 12.0 Å². The van der Waals surface area contributed by atoms with E-state index in [9.17, 15) is 0 Å². The molecule has 2 aromatic heterocycles. The second kappa shape index (κ2) is 11.0. The van der Waals surface area contributed by atoms with Gasteiger partial charge in [-0.05, 0) is 97.1 Å². The highest BCUT2D eigenvalue weighted by molar-refractivity contribution is 6.12. The number of benzene rings is 7. The van der Waals surface area contributed by atoms with Gasteiger partial charge in [0.1, 0.15) is 5.75 Å². The summed E-state index contributed by atoms with van der Waals surface area (Å²) in [6.45, 7) is 0. The first-order valence-corrected chi connectivity index (χ1v) is 15.9. The molecule has 7 aromatic carbocycles. The summed E-state index contributed by atoms with van der Waals surface area (Å²) in [6, 6.07) is 60.5. The van der Waals surface area contributed by atoms with Gasteiger partial charge in [-0.1, -0.05) is 72.8 Å². The Bertz CT molecular complexity index is 2390. The fourth-order valence-corrected chi connectivity index (χ4v) is 7.09. The lowest BCUT2D eigenvalue weighted by Crippen LogP contribution is -2.10. The molecule has 4 nitrogen and oxygen atoms in total. The van der Waals surface area contributed by atoms with Crippen LogP contribution in [0.2, 0.25) is 0 Å². The van der Waals surface area contributed by atoms with Gasteiger partial charge in [-0.3, -0.25) is 0 Å². The quantitative estimate of drug-likeness (QED) is 0.188. The summed E-state index contributed by atoms with van der Waals surface area (Å²) in [6.07, 6.45) is 0. The maximum atomic E-state index is 5.54. The molecule has 9 aromatic rings. The summed E-state index contributed by atoms with van der Waals surface area (Å²) in [5, 5.41) is 4.87. The Balaban J connectivity index is 1.29. The minimum atomic E-state index is 0.830. The molecule has 0 fully saturated rings. The summed E-state index contributed by atoms with van der Waals surface area (Å²) >= 11 is 0. The van der Waals surface area contributed by atoms with E-state index in [-0.39, 0.29) is 0 Å². The third-order valence-electron chi connectivity index (χ3n) is 9.19. The van der Waals surface area contributed by atoms with Crippen LogP contribution in [0.25, 0.3) is 55.0 Å². The zero-order valence-electron chi connectivity index (χ0n) is 25.9. The van der Waals surface area contributed by atoms with Gasteiger partial charge < -0.3 is 18.8 Å². The van der Waals surface area contributed by atoms with Crippen LogP contribution < -0.4 is 9.64 Å². The van der Waals surface area contributed by atoms with Crippen molar-refractivity contribution in [3.63, 3.8) is 0 Å². The molecule has 0 atom stereocenters. The molecule has 47 heavy (non-hydrogen) atoms. The van der Waals surface area contributed by atoms with Crippen LogP contribution in [0.5, 0.6) is 5.75 Å². The number of nitrogens with zero attached hydrogens (tertiary/aromatic N) is 3. The number of fused-ring (bicyclic) bond motifs is 6. The lowest BCUT2D eigenvalue weighted by Gasteiger charge is -2.26. The third kappa shape index (κ3) is 4.38. The molecular formula is C43H31N3O. The highest BCUT2D eigenvalue weighted by Crippen LogP contribution is 2.42. The average molecular weight is 606 g/mol.